The predicted octanol–water partition coefficient (Wildman–Crippen LogP) is 2.40. The van der Waals surface area contributed by atoms with Crippen molar-refractivity contribution in [2.24, 2.45) is 11.8 Å². The van der Waals surface area contributed by atoms with E-state index in [2.05, 4.69) is 4.72 Å². The zero-order valence-corrected chi connectivity index (χ0v) is 16.2. The largest absolute Gasteiger partial charge is 0.460 e. The lowest BCUT2D eigenvalue weighted by Gasteiger charge is -2.39. The van der Waals surface area contributed by atoms with E-state index >= 15 is 0 Å². The summed E-state index contributed by atoms with van der Waals surface area (Å²) in [5.41, 5.74) is -2.68. The number of ether oxygens (including phenoxy) is 1. The number of carbonyl (C=O) groups excluding carboxylic acids is 1. The van der Waals surface area contributed by atoms with Gasteiger partial charge in [-0.15, -0.1) is 0 Å². The van der Waals surface area contributed by atoms with Gasteiger partial charge < -0.3 is 9.84 Å². The highest BCUT2D eigenvalue weighted by atomic mass is 32.2. The molecule has 0 radical (unpaired) electrons. The number of aliphatic hydroxyl groups excluding tert-OH is 1. The maximum Gasteiger partial charge on any atom is 0.309 e. The van der Waals surface area contributed by atoms with Gasteiger partial charge in [-0.2, -0.15) is 0 Å². The summed E-state index contributed by atoms with van der Waals surface area (Å²) >= 11 is 0. The molecular formula is C16H29F2NO4S. The molecular weight excluding hydrogens is 340 g/mol. The average Bonchev–Trinajstić information content (AvgIpc) is 3.15. The second-order valence-electron chi connectivity index (χ2n) is 8.53. The predicted molar refractivity (Wildman–Crippen MR) is 88.9 cm³/mol. The van der Waals surface area contributed by atoms with Crippen LogP contribution in [0, 0.1) is 11.8 Å². The Morgan fingerprint density at radius 3 is 2.08 bits per heavy atom. The molecule has 1 aliphatic rings. The van der Waals surface area contributed by atoms with Crippen LogP contribution >= 0.6 is 0 Å². The van der Waals surface area contributed by atoms with Crippen LogP contribution in [0.2, 0.25) is 0 Å². The first kappa shape index (κ1) is 21.4. The Morgan fingerprint density at radius 2 is 1.71 bits per heavy atom. The summed E-state index contributed by atoms with van der Waals surface area (Å²) in [5.74, 6) is -5.54. The van der Waals surface area contributed by atoms with Crippen molar-refractivity contribution in [3.8, 4) is 0 Å². The minimum absolute atomic E-state index is 0.204. The van der Waals surface area contributed by atoms with Crippen LogP contribution in [0.5, 0.6) is 0 Å². The zero-order chi connectivity index (χ0) is 19.1. The molecule has 0 saturated heterocycles. The summed E-state index contributed by atoms with van der Waals surface area (Å²) in [6.45, 7) is 9.91. The van der Waals surface area contributed by atoms with Crippen molar-refractivity contribution in [2.75, 3.05) is 6.61 Å². The summed E-state index contributed by atoms with van der Waals surface area (Å²) < 4.78 is 48.2. The fourth-order valence-electron chi connectivity index (χ4n) is 2.40. The fourth-order valence-corrected chi connectivity index (χ4v) is 3.39. The molecule has 2 N–H and O–H groups in total. The molecule has 1 fully saturated rings. The second-order valence-corrected chi connectivity index (χ2v) is 10.5. The molecule has 0 amide bonds. The Bertz CT molecular complexity index is 513. The van der Waals surface area contributed by atoms with Gasteiger partial charge in [0.1, 0.15) is 12.2 Å². The SMILES string of the molecule is CC(C)(C)OC(=O)[C@@H]1C[C@H]1[C@@](C)(NS(=O)C(C)(C)C)C(F)(F)CO. The molecule has 4 atom stereocenters. The summed E-state index contributed by atoms with van der Waals surface area (Å²) in [6.07, 6.45) is 0.204. The summed E-state index contributed by atoms with van der Waals surface area (Å²) in [7, 11) is -1.78. The normalized spacial score (nSPS) is 25.8. The van der Waals surface area contributed by atoms with E-state index in [1.807, 2.05) is 0 Å². The van der Waals surface area contributed by atoms with Crippen LogP contribution in [-0.4, -0.2) is 43.7 Å². The highest BCUT2D eigenvalue weighted by Crippen LogP contribution is 2.53. The first-order valence-corrected chi connectivity index (χ1v) is 9.11. The summed E-state index contributed by atoms with van der Waals surface area (Å²) in [4.78, 5) is 12.1. The van der Waals surface area contributed by atoms with Gasteiger partial charge in [-0.05, 0) is 60.8 Å². The first-order chi connectivity index (χ1) is 10.5. The molecule has 1 saturated carbocycles. The van der Waals surface area contributed by atoms with Crippen LogP contribution < -0.4 is 4.72 Å². The van der Waals surface area contributed by atoms with E-state index in [1.165, 1.54) is 6.92 Å². The molecule has 0 heterocycles. The topological polar surface area (TPSA) is 75.6 Å². The number of aliphatic hydroxyl groups is 1. The van der Waals surface area contributed by atoms with E-state index in [4.69, 9.17) is 9.84 Å². The molecule has 0 aromatic rings. The van der Waals surface area contributed by atoms with E-state index < -0.39 is 57.2 Å². The van der Waals surface area contributed by atoms with Gasteiger partial charge in [0, 0.05) is 0 Å². The molecule has 0 aliphatic heterocycles. The standard InChI is InChI=1S/C16H29F2NO4S/c1-13(2,3)23-12(21)10-8-11(10)15(7,16(17,18)9-20)19-24(22)14(4,5)6/h10-11,19-20H,8-9H2,1-7H3/t10-,11-,15-,24?/m1/s1. The van der Waals surface area contributed by atoms with Gasteiger partial charge in [0.25, 0.3) is 5.92 Å². The molecule has 1 aliphatic carbocycles. The Kier molecular flexibility index (Phi) is 5.90. The Hall–Kier alpha value is -0.600. The molecule has 0 aromatic heterocycles. The molecule has 1 rings (SSSR count). The van der Waals surface area contributed by atoms with E-state index in [0.717, 1.165) is 0 Å². The lowest BCUT2D eigenvalue weighted by atomic mass is 9.88. The van der Waals surface area contributed by atoms with Gasteiger partial charge in [-0.3, -0.25) is 4.79 Å². The van der Waals surface area contributed by atoms with Crippen molar-refractivity contribution >= 4 is 17.0 Å². The van der Waals surface area contributed by atoms with E-state index in [1.54, 1.807) is 41.5 Å². The number of esters is 1. The van der Waals surface area contributed by atoms with E-state index in [-0.39, 0.29) is 6.42 Å². The Balaban J connectivity index is 3.02. The fraction of sp³-hybridized carbons (Fsp3) is 0.938. The first-order valence-electron chi connectivity index (χ1n) is 7.96. The molecule has 0 bridgehead atoms. The molecule has 5 nitrogen and oxygen atoms in total. The number of alkyl halides is 2. The lowest BCUT2D eigenvalue weighted by molar-refractivity contribution is -0.158. The molecule has 24 heavy (non-hydrogen) atoms. The minimum atomic E-state index is -3.53. The van der Waals surface area contributed by atoms with Gasteiger partial charge in [-0.1, -0.05) is 0 Å². The van der Waals surface area contributed by atoms with Gasteiger partial charge in [0.05, 0.1) is 27.2 Å². The van der Waals surface area contributed by atoms with Gasteiger partial charge >= 0.3 is 5.97 Å². The second kappa shape index (κ2) is 6.61. The highest BCUT2D eigenvalue weighted by molar-refractivity contribution is 7.84. The maximum atomic E-state index is 14.4. The molecule has 0 spiro atoms. The van der Waals surface area contributed by atoms with Gasteiger partial charge in [0.15, 0.2) is 0 Å². The number of halogens is 2. The van der Waals surface area contributed by atoms with Crippen molar-refractivity contribution in [2.45, 2.75) is 76.7 Å². The van der Waals surface area contributed by atoms with E-state index in [9.17, 15) is 17.8 Å². The van der Waals surface area contributed by atoms with Crippen molar-refractivity contribution in [3.05, 3.63) is 0 Å². The number of rotatable bonds is 6. The monoisotopic (exact) mass is 369 g/mol. The van der Waals surface area contributed by atoms with Gasteiger partial charge in [0.2, 0.25) is 0 Å². The average molecular weight is 369 g/mol. The highest BCUT2D eigenvalue weighted by Gasteiger charge is 2.65. The molecule has 142 valence electrons. The number of hydrogen-bond acceptors (Lipinski definition) is 4. The summed E-state index contributed by atoms with van der Waals surface area (Å²) in [5, 5.41) is 9.13. The minimum Gasteiger partial charge on any atom is -0.460 e. The van der Waals surface area contributed by atoms with Crippen LogP contribution in [0.1, 0.15) is 54.9 Å². The van der Waals surface area contributed by atoms with Crippen molar-refractivity contribution < 1.29 is 27.6 Å². The molecule has 0 aromatic carbocycles. The van der Waals surface area contributed by atoms with Crippen molar-refractivity contribution in [3.63, 3.8) is 0 Å². The quantitative estimate of drug-likeness (QED) is 0.705. The van der Waals surface area contributed by atoms with Crippen LogP contribution in [0.25, 0.3) is 0 Å². The van der Waals surface area contributed by atoms with Crippen molar-refractivity contribution in [1.29, 1.82) is 0 Å². The van der Waals surface area contributed by atoms with Crippen LogP contribution in [0.4, 0.5) is 8.78 Å². The van der Waals surface area contributed by atoms with E-state index in [0.29, 0.717) is 0 Å². The Morgan fingerprint density at radius 1 is 1.21 bits per heavy atom. The number of carbonyl (C=O) groups is 1. The van der Waals surface area contributed by atoms with Gasteiger partial charge in [-0.25, -0.2) is 17.7 Å². The summed E-state index contributed by atoms with van der Waals surface area (Å²) in [6, 6.07) is 0. The Labute approximate surface area is 145 Å². The third-order valence-corrected chi connectivity index (χ3v) is 5.78. The maximum absolute atomic E-state index is 14.4. The molecule has 8 heteroatoms. The third kappa shape index (κ3) is 4.73. The van der Waals surface area contributed by atoms with Crippen LogP contribution in [0.15, 0.2) is 0 Å². The van der Waals surface area contributed by atoms with Crippen molar-refractivity contribution in [1.82, 2.24) is 4.72 Å². The number of hydrogen-bond donors (Lipinski definition) is 2. The number of nitrogens with one attached hydrogen (secondary N) is 1. The smallest absolute Gasteiger partial charge is 0.309 e. The zero-order valence-electron chi connectivity index (χ0n) is 15.4. The lowest BCUT2D eigenvalue weighted by Crippen LogP contribution is -2.62. The third-order valence-electron chi connectivity index (χ3n) is 4.06. The molecule has 1 unspecified atom stereocenters. The van der Waals surface area contributed by atoms with Crippen LogP contribution in [0.3, 0.4) is 0 Å². The van der Waals surface area contributed by atoms with Crippen LogP contribution in [-0.2, 0) is 20.5 Å².